The number of aromatic nitrogens is 2. The van der Waals surface area contributed by atoms with Crippen LogP contribution >= 0.6 is 0 Å². The molecule has 4 aromatic rings. The van der Waals surface area contributed by atoms with Crippen molar-refractivity contribution in [2.75, 3.05) is 19.8 Å². The highest BCUT2D eigenvalue weighted by molar-refractivity contribution is 5.81. The van der Waals surface area contributed by atoms with E-state index in [9.17, 15) is 13.9 Å². The average Bonchev–Trinajstić information content (AvgIpc) is 3.60. The molecule has 2 aliphatic heterocycles. The Labute approximate surface area is 216 Å². The van der Waals surface area contributed by atoms with Gasteiger partial charge < -0.3 is 29.0 Å². The smallest absolute Gasteiger partial charge is 0.241 e. The van der Waals surface area contributed by atoms with E-state index in [2.05, 4.69) is 9.97 Å². The Morgan fingerprint density at radius 1 is 0.947 bits per heavy atom. The largest absolute Gasteiger partial charge is 0.493 e. The maximum atomic E-state index is 15.0. The maximum Gasteiger partial charge on any atom is 0.241 e. The van der Waals surface area contributed by atoms with Crippen LogP contribution in [0.25, 0.3) is 33.4 Å². The van der Waals surface area contributed by atoms with Crippen molar-refractivity contribution in [2.24, 2.45) is 0 Å². The number of benzene rings is 2. The normalized spacial score (nSPS) is 22.8. The first-order valence-corrected chi connectivity index (χ1v) is 12.3. The van der Waals surface area contributed by atoms with E-state index < -0.39 is 24.5 Å². The molecule has 0 amide bonds. The fraction of sp³-hybridized carbons (Fsp3) is 0.321. The molecule has 2 aromatic carbocycles. The molecule has 0 bridgehead atoms. The number of fused-ring (bicyclic) bond motifs is 2. The van der Waals surface area contributed by atoms with Crippen LogP contribution in [0.1, 0.15) is 6.42 Å². The maximum absolute atomic E-state index is 15.0. The minimum absolute atomic E-state index is 0.0437. The van der Waals surface area contributed by atoms with E-state index in [1.165, 1.54) is 6.07 Å². The molecule has 2 saturated heterocycles. The molecule has 0 radical (unpaired) electrons. The molecule has 0 aliphatic carbocycles. The molecule has 38 heavy (non-hydrogen) atoms. The summed E-state index contributed by atoms with van der Waals surface area (Å²) in [5.74, 6) is 0.463. The van der Waals surface area contributed by atoms with E-state index in [0.717, 1.165) is 11.1 Å². The van der Waals surface area contributed by atoms with Crippen molar-refractivity contribution in [3.63, 3.8) is 0 Å². The van der Waals surface area contributed by atoms with Gasteiger partial charge in [0.15, 0.2) is 17.8 Å². The molecule has 2 aliphatic rings. The van der Waals surface area contributed by atoms with Crippen molar-refractivity contribution in [3.8, 4) is 34.0 Å². The SMILES string of the molecule is OC1CO[C@H]2[C@@H]1OC[C@H]2Oc1cc2nc(-c3ccc(-c4ccc(OCCC(F)F)cc4)cc3)c(F)cc2[nH]1. The topological polar surface area (TPSA) is 85.8 Å². The molecule has 2 aromatic heterocycles. The number of ether oxygens (including phenoxy) is 4. The average molecular weight is 527 g/mol. The lowest BCUT2D eigenvalue weighted by molar-refractivity contribution is 0.00794. The minimum Gasteiger partial charge on any atom is -0.493 e. The van der Waals surface area contributed by atoms with Crippen molar-refractivity contribution in [1.29, 1.82) is 0 Å². The number of alkyl halides is 2. The third-order valence-corrected chi connectivity index (χ3v) is 6.74. The summed E-state index contributed by atoms with van der Waals surface area (Å²) in [6, 6.07) is 17.6. The van der Waals surface area contributed by atoms with Gasteiger partial charge in [0.25, 0.3) is 0 Å². The highest BCUT2D eigenvalue weighted by Gasteiger charge is 2.48. The number of nitrogens with zero attached hydrogens (tertiary/aromatic N) is 1. The molecule has 2 fully saturated rings. The van der Waals surface area contributed by atoms with Gasteiger partial charge in [-0.15, -0.1) is 0 Å². The van der Waals surface area contributed by atoms with Crippen LogP contribution in [0.4, 0.5) is 13.2 Å². The van der Waals surface area contributed by atoms with E-state index in [1.807, 2.05) is 24.3 Å². The van der Waals surface area contributed by atoms with Gasteiger partial charge in [0.2, 0.25) is 6.43 Å². The van der Waals surface area contributed by atoms with Crippen LogP contribution in [0.5, 0.6) is 11.6 Å². The zero-order valence-electron chi connectivity index (χ0n) is 20.1. The number of hydrogen-bond acceptors (Lipinski definition) is 6. The van der Waals surface area contributed by atoms with E-state index in [-0.39, 0.29) is 44.1 Å². The van der Waals surface area contributed by atoms with Crippen molar-refractivity contribution < 1.29 is 37.2 Å². The Bertz CT molecular complexity index is 1410. The van der Waals surface area contributed by atoms with Crippen molar-refractivity contribution in [3.05, 3.63) is 66.5 Å². The summed E-state index contributed by atoms with van der Waals surface area (Å²) in [5.41, 5.74) is 3.68. The van der Waals surface area contributed by atoms with Gasteiger partial charge in [-0.05, 0) is 23.3 Å². The predicted molar refractivity (Wildman–Crippen MR) is 133 cm³/mol. The first kappa shape index (κ1) is 24.7. The molecule has 198 valence electrons. The molecule has 1 unspecified atom stereocenters. The van der Waals surface area contributed by atoms with Gasteiger partial charge >= 0.3 is 0 Å². The molecule has 10 heteroatoms. The van der Waals surface area contributed by atoms with Gasteiger partial charge in [0.05, 0.1) is 30.9 Å². The van der Waals surface area contributed by atoms with Gasteiger partial charge in [-0.1, -0.05) is 36.4 Å². The molecule has 2 N–H and O–H groups in total. The van der Waals surface area contributed by atoms with Crippen LogP contribution in [0.3, 0.4) is 0 Å². The number of aliphatic hydroxyl groups is 1. The van der Waals surface area contributed by atoms with E-state index in [0.29, 0.717) is 28.2 Å². The summed E-state index contributed by atoms with van der Waals surface area (Å²) >= 11 is 0. The molecule has 4 atom stereocenters. The second-order valence-corrected chi connectivity index (χ2v) is 9.33. The Hall–Kier alpha value is -3.60. The van der Waals surface area contributed by atoms with Crippen LogP contribution in [0.2, 0.25) is 0 Å². The van der Waals surface area contributed by atoms with Gasteiger partial charge in [-0.25, -0.2) is 18.2 Å². The third-order valence-electron chi connectivity index (χ3n) is 6.74. The lowest BCUT2D eigenvalue weighted by atomic mass is 10.0. The Morgan fingerprint density at radius 3 is 2.37 bits per heavy atom. The molecule has 7 nitrogen and oxygen atoms in total. The number of hydrogen-bond donors (Lipinski definition) is 2. The fourth-order valence-corrected chi connectivity index (χ4v) is 4.81. The number of H-pyrrole nitrogens is 1. The van der Waals surface area contributed by atoms with Gasteiger partial charge in [-0.3, -0.25) is 0 Å². The second-order valence-electron chi connectivity index (χ2n) is 9.33. The van der Waals surface area contributed by atoms with Crippen molar-refractivity contribution >= 4 is 11.0 Å². The summed E-state index contributed by atoms with van der Waals surface area (Å²) in [6.07, 6.45) is -4.52. The second kappa shape index (κ2) is 10.3. The number of nitrogens with one attached hydrogen (secondary N) is 1. The lowest BCUT2D eigenvalue weighted by Crippen LogP contribution is -2.34. The summed E-state index contributed by atoms with van der Waals surface area (Å²) in [6.45, 7) is 0.452. The number of halogens is 3. The zero-order valence-corrected chi connectivity index (χ0v) is 20.1. The summed E-state index contributed by atoms with van der Waals surface area (Å²) in [5, 5.41) is 9.91. The highest BCUT2D eigenvalue weighted by atomic mass is 19.3. The standard InChI is InChI=1S/C28H25F3N2O5/c29-19-11-20-21(12-25(32-20)38-23-14-37-27-22(34)13-36-28(23)27)33-26(19)17-3-1-15(2-4-17)16-5-7-18(8-6-16)35-10-9-24(30)31/h1-8,11-12,22-24,27-28,32,34H,9-10,13-14H2/t22?,23-,27-,28-/m1/s1. The third kappa shape index (κ3) is 4.94. The number of aliphatic hydroxyl groups excluding tert-OH is 1. The number of rotatable bonds is 8. The highest BCUT2D eigenvalue weighted by Crippen LogP contribution is 2.32. The first-order valence-electron chi connectivity index (χ1n) is 12.3. The molecule has 6 rings (SSSR count). The minimum atomic E-state index is -2.39. The first-order chi connectivity index (χ1) is 18.4. The summed E-state index contributed by atoms with van der Waals surface area (Å²) in [4.78, 5) is 7.56. The zero-order chi connectivity index (χ0) is 26.2. The number of aromatic amines is 1. The fourth-order valence-electron chi connectivity index (χ4n) is 4.81. The van der Waals surface area contributed by atoms with Gasteiger partial charge in [-0.2, -0.15) is 0 Å². The van der Waals surface area contributed by atoms with Crippen molar-refractivity contribution in [1.82, 2.24) is 9.97 Å². The van der Waals surface area contributed by atoms with Crippen LogP contribution in [-0.2, 0) is 9.47 Å². The molecule has 0 spiro atoms. The van der Waals surface area contributed by atoms with Gasteiger partial charge in [0, 0.05) is 24.1 Å². The van der Waals surface area contributed by atoms with E-state index >= 15 is 4.39 Å². The molecular formula is C28H25F3N2O5. The van der Waals surface area contributed by atoms with E-state index in [1.54, 1.807) is 30.3 Å². The monoisotopic (exact) mass is 526 g/mol. The van der Waals surface area contributed by atoms with Crippen LogP contribution in [-0.4, -0.2) is 65.7 Å². The summed E-state index contributed by atoms with van der Waals surface area (Å²) in [7, 11) is 0. The van der Waals surface area contributed by atoms with Crippen LogP contribution in [0, 0.1) is 5.82 Å². The summed E-state index contributed by atoms with van der Waals surface area (Å²) < 4.78 is 62.1. The Morgan fingerprint density at radius 2 is 1.63 bits per heavy atom. The Kier molecular flexibility index (Phi) is 6.69. The van der Waals surface area contributed by atoms with Crippen LogP contribution < -0.4 is 9.47 Å². The van der Waals surface area contributed by atoms with E-state index in [4.69, 9.17) is 18.9 Å². The van der Waals surface area contributed by atoms with Crippen molar-refractivity contribution in [2.45, 2.75) is 37.3 Å². The number of pyridine rings is 1. The van der Waals surface area contributed by atoms with Gasteiger partial charge in [0.1, 0.15) is 29.8 Å². The quantitative estimate of drug-likeness (QED) is 0.337. The Balaban J connectivity index is 1.16. The predicted octanol–water partition coefficient (Wildman–Crippen LogP) is 4.98. The molecule has 4 heterocycles. The molecular weight excluding hydrogens is 501 g/mol. The molecule has 0 saturated carbocycles. The lowest BCUT2D eigenvalue weighted by Gasteiger charge is -2.16. The van der Waals surface area contributed by atoms with Crippen LogP contribution in [0.15, 0.2) is 60.7 Å².